The topological polar surface area (TPSA) is 105 Å². The number of hydrogen-bond donors (Lipinski definition) is 2. The van der Waals surface area contributed by atoms with Crippen LogP contribution in [0.1, 0.15) is 17.4 Å². The van der Waals surface area contributed by atoms with E-state index in [1.54, 1.807) is 4.90 Å². The Morgan fingerprint density at radius 3 is 3.05 bits per heavy atom. The van der Waals surface area contributed by atoms with Crippen molar-refractivity contribution >= 4 is 17.9 Å². The maximum Gasteiger partial charge on any atom is 0.357 e. The summed E-state index contributed by atoms with van der Waals surface area (Å²) in [5, 5.41) is 11.5. The fourth-order valence-corrected chi connectivity index (χ4v) is 1.84. The molecule has 19 heavy (non-hydrogen) atoms. The van der Waals surface area contributed by atoms with Gasteiger partial charge in [-0.2, -0.15) is 4.98 Å². The lowest BCUT2D eigenvalue weighted by atomic mass is 10.2. The van der Waals surface area contributed by atoms with Gasteiger partial charge in [-0.3, -0.25) is 4.79 Å². The van der Waals surface area contributed by atoms with Crippen LogP contribution in [0.25, 0.3) is 0 Å². The van der Waals surface area contributed by atoms with Crippen molar-refractivity contribution in [1.29, 1.82) is 0 Å². The first-order valence-electron chi connectivity index (χ1n) is 5.94. The zero-order chi connectivity index (χ0) is 13.8. The number of hydrogen-bond acceptors (Lipinski definition) is 6. The highest BCUT2D eigenvalue weighted by molar-refractivity contribution is 5.86. The summed E-state index contributed by atoms with van der Waals surface area (Å²) in [7, 11) is 0. The van der Waals surface area contributed by atoms with E-state index in [9.17, 15) is 9.59 Å². The van der Waals surface area contributed by atoms with Crippen LogP contribution < -0.4 is 10.2 Å². The number of morpholine rings is 1. The number of carboxylic acids is 1. The maximum atomic E-state index is 11.9. The molecule has 1 saturated heterocycles. The van der Waals surface area contributed by atoms with E-state index in [4.69, 9.17) is 14.3 Å². The van der Waals surface area contributed by atoms with Crippen LogP contribution in [0.2, 0.25) is 0 Å². The second-order valence-electron chi connectivity index (χ2n) is 4.00. The number of carboxylic acid groups (broad SMARTS) is 1. The summed E-state index contributed by atoms with van der Waals surface area (Å²) in [6.45, 7) is 3.40. The van der Waals surface area contributed by atoms with E-state index in [0.29, 0.717) is 19.7 Å². The van der Waals surface area contributed by atoms with Crippen LogP contribution in [-0.2, 0) is 9.53 Å². The zero-order valence-corrected chi connectivity index (χ0v) is 10.5. The van der Waals surface area contributed by atoms with Crippen LogP contribution in [0.5, 0.6) is 0 Å². The van der Waals surface area contributed by atoms with Crippen LogP contribution in [0.15, 0.2) is 10.7 Å². The molecule has 1 aromatic rings. The second-order valence-corrected chi connectivity index (χ2v) is 4.00. The summed E-state index contributed by atoms with van der Waals surface area (Å²) in [5.74, 6) is -1.37. The summed E-state index contributed by atoms with van der Waals surface area (Å²) in [6, 6.07) is -0.439. The molecule has 1 aromatic heterocycles. The van der Waals surface area contributed by atoms with Crippen molar-refractivity contribution < 1.29 is 23.8 Å². The summed E-state index contributed by atoms with van der Waals surface area (Å²) in [6.07, 6.45) is 1.06. The van der Waals surface area contributed by atoms with Crippen molar-refractivity contribution in [3.05, 3.63) is 12.0 Å². The third-order valence-corrected chi connectivity index (χ3v) is 2.74. The number of oxazole rings is 1. The Bertz CT molecular complexity index is 473. The molecule has 2 N–H and O–H groups in total. The van der Waals surface area contributed by atoms with Crippen LogP contribution in [0.3, 0.4) is 0 Å². The molecule has 1 unspecified atom stereocenters. The smallest absolute Gasteiger partial charge is 0.357 e. The molecule has 0 spiro atoms. The molecule has 8 heteroatoms. The van der Waals surface area contributed by atoms with Gasteiger partial charge in [-0.1, -0.05) is 0 Å². The highest BCUT2D eigenvalue weighted by atomic mass is 16.5. The molecule has 0 radical (unpaired) electrons. The van der Waals surface area contributed by atoms with Crippen LogP contribution >= 0.6 is 0 Å². The molecular formula is C11H15N3O5. The predicted molar refractivity (Wildman–Crippen MR) is 64.1 cm³/mol. The van der Waals surface area contributed by atoms with Gasteiger partial charge >= 0.3 is 5.97 Å². The number of aromatic carboxylic acids is 1. The molecule has 0 saturated carbocycles. The Morgan fingerprint density at radius 2 is 2.42 bits per heavy atom. The molecule has 0 aromatic carbocycles. The third-order valence-electron chi connectivity index (χ3n) is 2.74. The molecule has 1 amide bonds. The number of rotatable bonds is 4. The lowest BCUT2D eigenvalue weighted by Gasteiger charge is -2.33. The van der Waals surface area contributed by atoms with E-state index in [0.717, 1.165) is 6.26 Å². The minimum Gasteiger partial charge on any atom is -0.476 e. The van der Waals surface area contributed by atoms with Gasteiger partial charge in [-0.05, 0) is 6.92 Å². The molecule has 1 fully saturated rings. The molecule has 1 atom stereocenters. The van der Waals surface area contributed by atoms with E-state index in [-0.39, 0.29) is 24.2 Å². The van der Waals surface area contributed by atoms with Gasteiger partial charge in [0, 0.05) is 13.1 Å². The lowest BCUT2D eigenvalue weighted by Crippen LogP contribution is -2.54. The molecule has 8 nitrogen and oxygen atoms in total. The molecule has 2 rings (SSSR count). The van der Waals surface area contributed by atoms with E-state index in [1.807, 2.05) is 6.92 Å². The highest BCUT2D eigenvalue weighted by Gasteiger charge is 2.32. The van der Waals surface area contributed by atoms with Crippen LogP contribution in [0, 0.1) is 0 Å². The van der Waals surface area contributed by atoms with Gasteiger partial charge in [0.15, 0.2) is 5.69 Å². The Morgan fingerprint density at radius 1 is 1.63 bits per heavy atom. The van der Waals surface area contributed by atoms with E-state index < -0.39 is 12.0 Å². The number of anilines is 1. The first-order chi connectivity index (χ1) is 9.13. The van der Waals surface area contributed by atoms with Crippen molar-refractivity contribution in [2.45, 2.75) is 13.0 Å². The van der Waals surface area contributed by atoms with Gasteiger partial charge in [0.1, 0.15) is 12.3 Å². The summed E-state index contributed by atoms with van der Waals surface area (Å²) in [4.78, 5) is 28.1. The second kappa shape index (κ2) is 5.70. The number of likely N-dealkylation sites (N-methyl/N-ethyl adjacent to an activating group) is 1. The molecule has 1 aliphatic heterocycles. The van der Waals surface area contributed by atoms with Gasteiger partial charge in [0.25, 0.3) is 6.01 Å². The zero-order valence-electron chi connectivity index (χ0n) is 10.5. The van der Waals surface area contributed by atoms with Gasteiger partial charge in [-0.25, -0.2) is 4.79 Å². The first kappa shape index (κ1) is 13.3. The van der Waals surface area contributed by atoms with Crippen molar-refractivity contribution in [2.24, 2.45) is 0 Å². The maximum absolute atomic E-state index is 11.9. The minimum absolute atomic E-state index is 0.122. The SMILES string of the molecule is CCNC(=O)C1COCCN1c1nc(C(=O)O)co1. The highest BCUT2D eigenvalue weighted by Crippen LogP contribution is 2.19. The molecule has 0 aliphatic carbocycles. The van der Waals surface area contributed by atoms with Crippen LogP contribution in [-0.4, -0.2) is 54.3 Å². The summed E-state index contributed by atoms with van der Waals surface area (Å²) in [5.41, 5.74) is -0.184. The van der Waals surface area contributed by atoms with Gasteiger partial charge < -0.3 is 24.5 Å². The fourth-order valence-electron chi connectivity index (χ4n) is 1.84. The van der Waals surface area contributed by atoms with Crippen molar-refractivity contribution in [2.75, 3.05) is 31.2 Å². The fraction of sp³-hybridized carbons (Fsp3) is 0.545. The number of carbonyl (C=O) groups excluding carboxylic acids is 1. The van der Waals surface area contributed by atoms with Crippen molar-refractivity contribution in [3.63, 3.8) is 0 Å². The van der Waals surface area contributed by atoms with Crippen molar-refractivity contribution in [1.82, 2.24) is 10.3 Å². The molecule has 1 aliphatic rings. The molecule has 0 bridgehead atoms. The first-order valence-corrected chi connectivity index (χ1v) is 5.94. The average Bonchev–Trinajstić information content (AvgIpc) is 2.88. The average molecular weight is 269 g/mol. The van der Waals surface area contributed by atoms with Gasteiger partial charge in [-0.15, -0.1) is 0 Å². The van der Waals surface area contributed by atoms with Gasteiger partial charge in [0.05, 0.1) is 13.2 Å². The third kappa shape index (κ3) is 2.84. The summed E-state index contributed by atoms with van der Waals surface area (Å²) >= 11 is 0. The van der Waals surface area contributed by atoms with E-state index in [1.165, 1.54) is 0 Å². The number of carbonyl (C=O) groups is 2. The number of nitrogens with one attached hydrogen (secondary N) is 1. The molecular weight excluding hydrogens is 254 g/mol. The number of aromatic nitrogens is 1. The lowest BCUT2D eigenvalue weighted by molar-refractivity contribution is -0.124. The quantitative estimate of drug-likeness (QED) is 0.774. The predicted octanol–water partition coefficient (Wildman–Crippen LogP) is -0.286. The Labute approximate surface area is 109 Å². The van der Waals surface area contributed by atoms with Crippen molar-refractivity contribution in [3.8, 4) is 0 Å². The molecule has 2 heterocycles. The largest absolute Gasteiger partial charge is 0.476 e. The number of nitrogens with zero attached hydrogens (tertiary/aromatic N) is 2. The van der Waals surface area contributed by atoms with Crippen LogP contribution in [0.4, 0.5) is 6.01 Å². The van der Waals surface area contributed by atoms with Gasteiger partial charge in [0.2, 0.25) is 5.91 Å². The standard InChI is InChI=1S/C11H15N3O5/c1-2-12-9(15)8-6-18-4-3-14(8)11-13-7(5-19-11)10(16)17/h5,8H,2-4,6H2,1H3,(H,12,15)(H,16,17). The normalized spacial score (nSPS) is 19.2. The number of ether oxygens (including phenoxy) is 1. The minimum atomic E-state index is -1.17. The Hall–Kier alpha value is -2.09. The Balaban J connectivity index is 2.18. The van der Waals surface area contributed by atoms with E-state index in [2.05, 4.69) is 10.3 Å². The number of amides is 1. The monoisotopic (exact) mass is 269 g/mol. The van der Waals surface area contributed by atoms with E-state index >= 15 is 0 Å². The Kier molecular flexibility index (Phi) is 4.00. The summed E-state index contributed by atoms with van der Waals surface area (Å²) < 4.78 is 10.4. The molecule has 104 valence electrons.